The van der Waals surface area contributed by atoms with E-state index in [1.54, 1.807) is 19.2 Å². The maximum Gasteiger partial charge on any atom is 0.251 e. The van der Waals surface area contributed by atoms with Gasteiger partial charge in [0.15, 0.2) is 5.82 Å². The monoisotopic (exact) mass is 595 g/mol. The first-order valence-corrected chi connectivity index (χ1v) is 14.7. The van der Waals surface area contributed by atoms with Gasteiger partial charge < -0.3 is 20.9 Å². The normalized spacial score (nSPS) is 14.7. The van der Waals surface area contributed by atoms with E-state index in [0.29, 0.717) is 35.3 Å². The molecule has 9 nitrogen and oxygen atoms in total. The molecule has 2 amide bonds. The fraction of sp³-hybridized carbons (Fsp3) is 0.438. The third kappa shape index (κ3) is 7.91. The van der Waals surface area contributed by atoms with Crippen LogP contribution in [0.3, 0.4) is 0 Å². The predicted octanol–water partition coefficient (Wildman–Crippen LogP) is 5.41. The fourth-order valence-corrected chi connectivity index (χ4v) is 5.05. The van der Waals surface area contributed by atoms with Crippen LogP contribution in [0.25, 0.3) is 11.3 Å². The molecule has 0 saturated carbocycles. The minimum absolute atomic E-state index is 0.0297. The highest BCUT2D eigenvalue weighted by Gasteiger charge is 2.27. The van der Waals surface area contributed by atoms with Gasteiger partial charge >= 0.3 is 0 Å². The molecule has 4 rings (SSSR count). The summed E-state index contributed by atoms with van der Waals surface area (Å²) in [5.41, 5.74) is 2.24. The van der Waals surface area contributed by atoms with Gasteiger partial charge in [-0.1, -0.05) is 26.0 Å². The molecule has 1 unspecified atom stereocenters. The van der Waals surface area contributed by atoms with Crippen LogP contribution in [0.2, 0.25) is 0 Å². The van der Waals surface area contributed by atoms with Crippen LogP contribution in [-0.2, 0) is 11.3 Å². The third-order valence-corrected chi connectivity index (χ3v) is 7.19. The minimum atomic E-state index is -0.904. The van der Waals surface area contributed by atoms with Crippen LogP contribution in [0, 0.1) is 18.6 Å². The molecule has 0 spiro atoms. The molecule has 2 heterocycles. The second kappa shape index (κ2) is 15.5. The zero-order chi connectivity index (χ0) is 31.7. The molecule has 43 heavy (non-hydrogen) atoms. The number of carbonyl (C=O) groups is 2. The Kier molecular flexibility index (Phi) is 12.1. The second-order valence-corrected chi connectivity index (χ2v) is 10.6. The number of aromatic nitrogens is 2. The average molecular weight is 596 g/mol. The number of nitrogens with one attached hydrogen (secondary N) is 3. The number of para-hydroxylation sites is 1. The summed E-state index contributed by atoms with van der Waals surface area (Å²) >= 11 is 0. The van der Waals surface area contributed by atoms with Gasteiger partial charge in [0.05, 0.1) is 5.69 Å². The van der Waals surface area contributed by atoms with Gasteiger partial charge in [-0.3, -0.25) is 14.5 Å². The van der Waals surface area contributed by atoms with Crippen molar-refractivity contribution >= 4 is 29.8 Å². The Morgan fingerprint density at radius 2 is 1.86 bits per heavy atom. The van der Waals surface area contributed by atoms with Gasteiger partial charge in [-0.15, -0.1) is 0 Å². The fourth-order valence-electron chi connectivity index (χ4n) is 5.05. The molecule has 1 aliphatic rings. The minimum Gasteiger partial charge on any atom is -0.353 e. The smallest absolute Gasteiger partial charge is 0.251 e. The molecule has 3 aromatic rings. The summed E-state index contributed by atoms with van der Waals surface area (Å²) in [7, 11) is 3.77. The van der Waals surface area contributed by atoms with Crippen molar-refractivity contribution in [3.63, 3.8) is 0 Å². The molecule has 11 heteroatoms. The van der Waals surface area contributed by atoms with Crippen LogP contribution in [0.15, 0.2) is 36.4 Å². The first-order valence-electron chi connectivity index (χ1n) is 14.7. The van der Waals surface area contributed by atoms with Crippen molar-refractivity contribution in [2.75, 3.05) is 37.4 Å². The van der Waals surface area contributed by atoms with E-state index in [-0.39, 0.29) is 36.3 Å². The number of carbonyl (C=O) groups excluding carboxylic acids is 2. The summed E-state index contributed by atoms with van der Waals surface area (Å²) in [5, 5.41) is 9.25. The molecular formula is C32H43F2N7O2. The van der Waals surface area contributed by atoms with Crippen LogP contribution in [-0.4, -0.2) is 66.5 Å². The van der Waals surface area contributed by atoms with Crippen molar-refractivity contribution in [1.82, 2.24) is 25.5 Å². The number of halogens is 2. The quantitative estimate of drug-likeness (QED) is 0.255. The highest BCUT2D eigenvalue weighted by atomic mass is 19.1. The molecule has 3 N–H and O–H groups in total. The maximum atomic E-state index is 15.0. The van der Waals surface area contributed by atoms with E-state index in [0.717, 1.165) is 42.0 Å². The van der Waals surface area contributed by atoms with Gasteiger partial charge in [-0.05, 0) is 84.1 Å². The number of anilines is 3. The van der Waals surface area contributed by atoms with Crippen LogP contribution >= 0.6 is 0 Å². The number of rotatable bonds is 11. The molecule has 1 aromatic heterocycles. The van der Waals surface area contributed by atoms with Crippen molar-refractivity contribution in [2.24, 2.45) is 0 Å². The van der Waals surface area contributed by atoms with E-state index in [2.05, 4.69) is 32.9 Å². The molecule has 1 fully saturated rings. The van der Waals surface area contributed by atoms with Gasteiger partial charge in [0.1, 0.15) is 17.3 Å². The van der Waals surface area contributed by atoms with Crippen LogP contribution in [0.4, 0.5) is 26.2 Å². The summed E-state index contributed by atoms with van der Waals surface area (Å²) in [4.78, 5) is 37.9. The molecular weight excluding hydrogens is 552 g/mol. The second-order valence-electron chi connectivity index (χ2n) is 10.6. The molecule has 2 aromatic carbocycles. The predicted molar refractivity (Wildman–Crippen MR) is 168 cm³/mol. The van der Waals surface area contributed by atoms with Crippen molar-refractivity contribution in [1.29, 1.82) is 0 Å². The van der Waals surface area contributed by atoms with E-state index in [9.17, 15) is 18.4 Å². The lowest BCUT2D eigenvalue weighted by Crippen LogP contribution is -2.32. The summed E-state index contributed by atoms with van der Waals surface area (Å²) < 4.78 is 29.9. The Labute approximate surface area is 253 Å². The lowest BCUT2D eigenvalue weighted by molar-refractivity contribution is -0.106. The number of nitrogens with zero attached hydrogens (tertiary/aromatic N) is 4. The van der Waals surface area contributed by atoms with Gasteiger partial charge in [-0.25, -0.2) is 13.8 Å². The molecule has 232 valence electrons. The van der Waals surface area contributed by atoms with Crippen molar-refractivity contribution in [2.45, 2.75) is 66.1 Å². The van der Waals surface area contributed by atoms with Gasteiger partial charge in [0.25, 0.3) is 5.91 Å². The molecule has 1 atom stereocenters. The highest BCUT2D eigenvalue weighted by Crippen LogP contribution is 2.37. The van der Waals surface area contributed by atoms with Crippen molar-refractivity contribution in [3.05, 3.63) is 64.7 Å². The van der Waals surface area contributed by atoms with E-state index in [1.165, 1.54) is 6.07 Å². The average Bonchev–Trinajstić information content (AvgIpc) is 3.40. The SMILES string of the molecule is CC.CNCc1c(-c2cc(C(=O)NC(C)C)ccc2C)nc(NCC2CCCN2C)nc1N(C=O)c1c(F)cccc1F. The van der Waals surface area contributed by atoms with E-state index in [4.69, 9.17) is 4.98 Å². The zero-order valence-corrected chi connectivity index (χ0v) is 26.1. The van der Waals surface area contributed by atoms with Gasteiger partial charge in [-0.2, -0.15) is 4.98 Å². The third-order valence-electron chi connectivity index (χ3n) is 7.19. The van der Waals surface area contributed by atoms with E-state index >= 15 is 0 Å². The summed E-state index contributed by atoms with van der Waals surface area (Å²) in [6.07, 6.45) is 2.44. The zero-order valence-electron chi connectivity index (χ0n) is 26.1. The highest BCUT2D eigenvalue weighted by molar-refractivity contribution is 5.96. The maximum absolute atomic E-state index is 15.0. The van der Waals surface area contributed by atoms with Crippen molar-refractivity contribution < 1.29 is 18.4 Å². The number of benzene rings is 2. The lowest BCUT2D eigenvalue weighted by Gasteiger charge is -2.25. The van der Waals surface area contributed by atoms with Gasteiger partial charge in [0, 0.05) is 41.9 Å². The Balaban J connectivity index is 0.00000248. The number of aryl methyl sites for hydroxylation is 1. The van der Waals surface area contributed by atoms with Crippen LogP contribution in [0.1, 0.15) is 62.0 Å². The number of hydrogen-bond donors (Lipinski definition) is 3. The first kappa shape index (κ1) is 33.5. The number of amides is 2. The van der Waals surface area contributed by atoms with Crippen molar-refractivity contribution in [3.8, 4) is 11.3 Å². The molecule has 0 radical (unpaired) electrons. The van der Waals surface area contributed by atoms with E-state index in [1.807, 2.05) is 40.7 Å². The van der Waals surface area contributed by atoms with Crippen LogP contribution in [0.5, 0.6) is 0 Å². The number of likely N-dealkylation sites (N-methyl/N-ethyl adjacent to an activating group) is 1. The number of likely N-dealkylation sites (tertiary alicyclic amines) is 1. The molecule has 1 aliphatic heterocycles. The number of hydrogen-bond acceptors (Lipinski definition) is 7. The standard InChI is InChI=1S/C30H37F2N7O2.C2H6/c1-18(2)35-29(41)20-12-11-19(3)22(14-20)26-23(16-33-4)28(39(17-40)27-24(31)9-6-10-25(27)32)37-30(36-26)34-15-21-8-7-13-38(21)5;1-2/h6,9-12,14,17-18,21,33H,7-8,13,15-16H2,1-5H3,(H,35,41)(H,34,36,37);1-2H3. The largest absolute Gasteiger partial charge is 0.353 e. The Morgan fingerprint density at radius 3 is 2.44 bits per heavy atom. The molecule has 1 saturated heterocycles. The molecule has 0 aliphatic carbocycles. The van der Waals surface area contributed by atoms with Crippen LogP contribution < -0.4 is 20.9 Å². The topological polar surface area (TPSA) is 102 Å². The Hall–Kier alpha value is -3.96. The Morgan fingerprint density at radius 1 is 1.16 bits per heavy atom. The lowest BCUT2D eigenvalue weighted by atomic mass is 9.98. The Bertz CT molecular complexity index is 1400. The van der Waals surface area contributed by atoms with Gasteiger partial charge in [0.2, 0.25) is 12.4 Å². The summed E-state index contributed by atoms with van der Waals surface area (Å²) in [5.74, 6) is -1.81. The van der Waals surface area contributed by atoms with E-state index < -0.39 is 17.3 Å². The first-order chi connectivity index (χ1) is 20.6. The summed E-state index contributed by atoms with van der Waals surface area (Å²) in [6, 6.07) is 8.91. The molecule has 0 bridgehead atoms. The summed E-state index contributed by atoms with van der Waals surface area (Å²) in [6.45, 7) is 11.4.